The number of rotatable bonds is 5. The lowest BCUT2D eigenvalue weighted by atomic mass is 9.63. The van der Waals surface area contributed by atoms with Crippen molar-refractivity contribution >= 4 is 0 Å². The molecule has 1 saturated carbocycles. The molecule has 18 heavy (non-hydrogen) atoms. The molecule has 2 unspecified atom stereocenters. The van der Waals surface area contributed by atoms with E-state index in [2.05, 4.69) is 33.0 Å². The predicted octanol–water partition coefficient (Wildman–Crippen LogP) is 3.75. The van der Waals surface area contributed by atoms with Crippen LogP contribution in [0, 0.1) is 11.3 Å². The van der Waals surface area contributed by atoms with Gasteiger partial charge in [-0.05, 0) is 63.3 Å². The van der Waals surface area contributed by atoms with Crippen molar-refractivity contribution < 1.29 is 4.74 Å². The third kappa shape index (κ3) is 3.08. The van der Waals surface area contributed by atoms with Crippen LogP contribution in [0.3, 0.4) is 0 Å². The van der Waals surface area contributed by atoms with E-state index < -0.39 is 0 Å². The van der Waals surface area contributed by atoms with Gasteiger partial charge in [0, 0.05) is 12.6 Å². The molecule has 1 spiro atoms. The molecular formula is C16H31NO. The van der Waals surface area contributed by atoms with Crippen LogP contribution in [0.4, 0.5) is 0 Å². The lowest BCUT2D eigenvalue weighted by Gasteiger charge is -2.51. The molecule has 1 aliphatic heterocycles. The van der Waals surface area contributed by atoms with Crippen molar-refractivity contribution in [2.45, 2.75) is 77.9 Å². The zero-order valence-corrected chi connectivity index (χ0v) is 12.7. The van der Waals surface area contributed by atoms with E-state index in [0.29, 0.717) is 17.1 Å². The van der Waals surface area contributed by atoms with Gasteiger partial charge in [-0.15, -0.1) is 0 Å². The van der Waals surface area contributed by atoms with Crippen LogP contribution in [0.25, 0.3) is 0 Å². The Morgan fingerprint density at radius 2 is 2.11 bits per heavy atom. The number of nitrogens with one attached hydrogen (secondary N) is 1. The third-order valence-corrected chi connectivity index (χ3v) is 5.25. The van der Waals surface area contributed by atoms with Gasteiger partial charge in [0.2, 0.25) is 0 Å². The maximum atomic E-state index is 6.06. The second kappa shape index (κ2) is 5.50. The molecule has 2 fully saturated rings. The maximum Gasteiger partial charge on any atom is 0.0685 e. The molecule has 0 aromatic rings. The quantitative estimate of drug-likeness (QED) is 0.805. The Morgan fingerprint density at radius 1 is 1.39 bits per heavy atom. The average molecular weight is 253 g/mol. The van der Waals surface area contributed by atoms with E-state index in [1.54, 1.807) is 0 Å². The maximum absolute atomic E-state index is 6.06. The summed E-state index contributed by atoms with van der Waals surface area (Å²) in [5.74, 6) is 0.840. The number of hydrogen-bond acceptors (Lipinski definition) is 2. The minimum atomic E-state index is 0.293. The van der Waals surface area contributed by atoms with Crippen LogP contribution < -0.4 is 5.32 Å². The summed E-state index contributed by atoms with van der Waals surface area (Å²) in [5, 5.41) is 3.56. The first-order valence-corrected chi connectivity index (χ1v) is 7.85. The summed E-state index contributed by atoms with van der Waals surface area (Å²) in [6, 6.07) is 0.630. The van der Waals surface area contributed by atoms with Gasteiger partial charge in [0.1, 0.15) is 0 Å². The van der Waals surface area contributed by atoms with Gasteiger partial charge < -0.3 is 10.1 Å². The van der Waals surface area contributed by atoms with Crippen molar-refractivity contribution in [2.75, 3.05) is 13.2 Å². The van der Waals surface area contributed by atoms with Crippen LogP contribution in [0.1, 0.15) is 66.2 Å². The van der Waals surface area contributed by atoms with E-state index in [-0.39, 0.29) is 0 Å². The van der Waals surface area contributed by atoms with E-state index in [1.165, 1.54) is 38.5 Å². The summed E-state index contributed by atoms with van der Waals surface area (Å²) in [7, 11) is 0. The highest BCUT2D eigenvalue weighted by Gasteiger charge is 2.46. The lowest BCUT2D eigenvalue weighted by Crippen LogP contribution is -2.49. The Labute approximate surface area is 113 Å². The normalized spacial score (nSPS) is 29.0. The van der Waals surface area contributed by atoms with Gasteiger partial charge in [0.05, 0.1) is 5.60 Å². The number of ether oxygens (including phenoxy) is 1. The topological polar surface area (TPSA) is 21.3 Å². The Kier molecular flexibility index (Phi) is 4.38. The highest BCUT2D eigenvalue weighted by atomic mass is 16.5. The molecule has 2 heteroatoms. The predicted molar refractivity (Wildman–Crippen MR) is 76.8 cm³/mol. The largest absolute Gasteiger partial charge is 0.375 e. The van der Waals surface area contributed by atoms with Gasteiger partial charge in [-0.1, -0.05) is 20.8 Å². The molecule has 1 N–H and O–H groups in total. The number of hydrogen-bond donors (Lipinski definition) is 1. The molecule has 2 atom stereocenters. The van der Waals surface area contributed by atoms with Crippen LogP contribution in [-0.2, 0) is 4.74 Å². The fourth-order valence-corrected chi connectivity index (χ4v) is 3.99. The summed E-state index contributed by atoms with van der Waals surface area (Å²) in [6.45, 7) is 11.5. The van der Waals surface area contributed by atoms with Crippen molar-refractivity contribution in [3.63, 3.8) is 0 Å². The fourth-order valence-electron chi connectivity index (χ4n) is 3.99. The summed E-state index contributed by atoms with van der Waals surface area (Å²) < 4.78 is 6.06. The molecule has 1 aliphatic carbocycles. The van der Waals surface area contributed by atoms with E-state index in [4.69, 9.17) is 4.74 Å². The Balaban J connectivity index is 1.91. The molecule has 1 heterocycles. The first kappa shape index (κ1) is 14.3. The van der Waals surface area contributed by atoms with E-state index >= 15 is 0 Å². The Bertz CT molecular complexity index is 270. The van der Waals surface area contributed by atoms with Crippen molar-refractivity contribution in [2.24, 2.45) is 11.3 Å². The van der Waals surface area contributed by atoms with Crippen LogP contribution in [0.15, 0.2) is 0 Å². The second-order valence-corrected chi connectivity index (χ2v) is 7.23. The lowest BCUT2D eigenvalue weighted by molar-refractivity contribution is -0.158. The molecule has 0 aromatic carbocycles. The standard InChI is InChI=1S/C16H31NO/c1-5-17-13(2)11-15(3,4)14-7-10-18-16(12-14)8-6-9-16/h13-14,17H,5-12H2,1-4H3. The van der Waals surface area contributed by atoms with E-state index in [0.717, 1.165) is 19.1 Å². The average Bonchev–Trinajstić information content (AvgIpc) is 2.27. The van der Waals surface area contributed by atoms with Gasteiger partial charge in [0.25, 0.3) is 0 Å². The van der Waals surface area contributed by atoms with Crippen LogP contribution in [0.2, 0.25) is 0 Å². The van der Waals surface area contributed by atoms with Gasteiger partial charge in [-0.3, -0.25) is 0 Å². The van der Waals surface area contributed by atoms with Crippen molar-refractivity contribution in [3.05, 3.63) is 0 Å². The van der Waals surface area contributed by atoms with Crippen molar-refractivity contribution in [3.8, 4) is 0 Å². The van der Waals surface area contributed by atoms with E-state index in [1.807, 2.05) is 0 Å². The smallest absolute Gasteiger partial charge is 0.0685 e. The second-order valence-electron chi connectivity index (χ2n) is 7.23. The molecule has 0 aromatic heterocycles. The minimum Gasteiger partial charge on any atom is -0.375 e. The van der Waals surface area contributed by atoms with Crippen LogP contribution >= 0.6 is 0 Å². The minimum absolute atomic E-state index is 0.293. The fraction of sp³-hybridized carbons (Fsp3) is 1.00. The van der Waals surface area contributed by atoms with Crippen LogP contribution in [-0.4, -0.2) is 24.8 Å². The summed E-state index contributed by atoms with van der Waals surface area (Å²) in [6.07, 6.45) is 7.83. The Hall–Kier alpha value is -0.0800. The molecule has 0 radical (unpaired) electrons. The zero-order valence-electron chi connectivity index (χ0n) is 12.7. The van der Waals surface area contributed by atoms with Crippen LogP contribution in [0.5, 0.6) is 0 Å². The van der Waals surface area contributed by atoms with Gasteiger partial charge >= 0.3 is 0 Å². The molecule has 1 saturated heterocycles. The first-order chi connectivity index (χ1) is 8.47. The third-order valence-electron chi connectivity index (χ3n) is 5.25. The monoisotopic (exact) mass is 253 g/mol. The van der Waals surface area contributed by atoms with E-state index in [9.17, 15) is 0 Å². The summed E-state index contributed by atoms with van der Waals surface area (Å²) in [5.41, 5.74) is 0.732. The molecule has 2 aliphatic rings. The van der Waals surface area contributed by atoms with Gasteiger partial charge in [-0.2, -0.15) is 0 Å². The Morgan fingerprint density at radius 3 is 2.67 bits per heavy atom. The highest BCUT2D eigenvalue weighted by Crippen LogP contribution is 2.49. The molecule has 106 valence electrons. The molecule has 2 rings (SSSR count). The van der Waals surface area contributed by atoms with Gasteiger partial charge in [-0.25, -0.2) is 0 Å². The highest BCUT2D eigenvalue weighted by molar-refractivity contribution is 4.97. The summed E-state index contributed by atoms with van der Waals surface area (Å²) >= 11 is 0. The summed E-state index contributed by atoms with van der Waals surface area (Å²) in [4.78, 5) is 0. The van der Waals surface area contributed by atoms with Crippen molar-refractivity contribution in [1.82, 2.24) is 5.32 Å². The first-order valence-electron chi connectivity index (χ1n) is 7.85. The molecule has 0 amide bonds. The molecule has 0 bridgehead atoms. The van der Waals surface area contributed by atoms with Gasteiger partial charge in [0.15, 0.2) is 0 Å². The van der Waals surface area contributed by atoms with Crippen molar-refractivity contribution in [1.29, 1.82) is 0 Å². The molecular weight excluding hydrogens is 222 g/mol. The SMILES string of the molecule is CCNC(C)CC(C)(C)C1CCOC2(CCC2)C1. The molecule has 2 nitrogen and oxygen atoms in total. The zero-order chi connectivity index (χ0) is 13.2.